The zero-order valence-corrected chi connectivity index (χ0v) is 24.7. The quantitative estimate of drug-likeness (QED) is 0.182. The van der Waals surface area contributed by atoms with Crippen molar-refractivity contribution in [1.29, 1.82) is 5.26 Å². The van der Waals surface area contributed by atoms with Crippen molar-refractivity contribution in [3.05, 3.63) is 41.1 Å². The van der Waals surface area contributed by atoms with Crippen LogP contribution in [0.25, 0.3) is 10.9 Å². The van der Waals surface area contributed by atoms with Crippen molar-refractivity contribution < 1.29 is 13.2 Å². The van der Waals surface area contributed by atoms with E-state index in [0.29, 0.717) is 39.4 Å². The summed E-state index contributed by atoms with van der Waals surface area (Å²) in [5, 5.41) is 20.9. The molecule has 8 nitrogen and oxygen atoms in total. The van der Waals surface area contributed by atoms with Crippen LogP contribution < -0.4 is 27.2 Å². The zero-order chi connectivity index (χ0) is 30.2. The van der Waals surface area contributed by atoms with Gasteiger partial charge in [-0.3, -0.25) is 21.2 Å². The molecule has 0 saturated heterocycles. The minimum absolute atomic E-state index is 0.0564. The number of alkyl halides is 2. The molecule has 1 aromatic carbocycles. The first-order chi connectivity index (χ1) is 19.1. The summed E-state index contributed by atoms with van der Waals surface area (Å²) in [6.07, 6.45) is 4.11. The molecule has 4 rings (SSSR count). The molecule has 0 spiro atoms. The monoisotopic (exact) mass is 590 g/mol. The van der Waals surface area contributed by atoms with Gasteiger partial charge in [-0.15, -0.1) is 0 Å². The number of nitrogens with two attached hydrogens (primary N) is 1. The standard InChI is InChI=1S/C29H38ClF3N8/c1-27(2,3)15-38-24-16(12-34)13-37-25-19(24)8-17(9-21(25)30)39-26(20-6-7-23(31)40-28(20,4)5)22(41-35)14-36-18-10-29(32,33)11-18/h6-9,13,18,20,22,26,36,39,41H,10-11,14-15,35H2,1-5H3,(H,37,38). The van der Waals surface area contributed by atoms with E-state index in [1.165, 1.54) is 12.3 Å². The number of dihydropyridines is 1. The normalized spacial score (nSPS) is 21.5. The molecule has 1 aliphatic carbocycles. The van der Waals surface area contributed by atoms with E-state index >= 15 is 0 Å². The molecule has 1 saturated carbocycles. The van der Waals surface area contributed by atoms with Crippen LogP contribution in [-0.4, -0.2) is 53.6 Å². The number of rotatable bonds is 10. The van der Waals surface area contributed by atoms with E-state index in [0.717, 1.165) is 0 Å². The minimum atomic E-state index is -2.65. The summed E-state index contributed by atoms with van der Waals surface area (Å²) >= 11 is 6.71. The van der Waals surface area contributed by atoms with E-state index < -0.39 is 29.5 Å². The van der Waals surface area contributed by atoms with Crippen LogP contribution in [-0.2, 0) is 0 Å². The number of aliphatic imine (C=N–C) groups is 1. The summed E-state index contributed by atoms with van der Waals surface area (Å²) < 4.78 is 41.1. The van der Waals surface area contributed by atoms with Crippen LogP contribution in [0.5, 0.6) is 0 Å². The molecule has 6 N–H and O–H groups in total. The molecule has 1 fully saturated rings. The maximum Gasteiger partial charge on any atom is 0.251 e. The second-order valence-corrected chi connectivity index (χ2v) is 13.1. The largest absolute Gasteiger partial charge is 0.383 e. The number of benzene rings is 1. The molecule has 1 aliphatic heterocycles. The number of aromatic nitrogens is 1. The summed E-state index contributed by atoms with van der Waals surface area (Å²) in [7, 11) is 0. The van der Waals surface area contributed by atoms with E-state index in [1.54, 1.807) is 12.1 Å². The lowest BCUT2D eigenvalue weighted by Gasteiger charge is -2.42. The van der Waals surface area contributed by atoms with Crippen LogP contribution in [0.4, 0.5) is 24.5 Å². The Hall–Kier alpha value is -2.91. The van der Waals surface area contributed by atoms with Gasteiger partial charge >= 0.3 is 0 Å². The van der Waals surface area contributed by atoms with Crippen molar-refractivity contribution in [2.75, 3.05) is 23.7 Å². The van der Waals surface area contributed by atoms with Crippen LogP contribution in [0.1, 0.15) is 53.0 Å². The van der Waals surface area contributed by atoms with Crippen LogP contribution in [0.3, 0.4) is 0 Å². The summed E-state index contributed by atoms with van der Waals surface area (Å²) in [6, 6.07) is 4.55. The van der Waals surface area contributed by atoms with Gasteiger partial charge in [-0.1, -0.05) is 38.4 Å². The summed E-state index contributed by atoms with van der Waals surface area (Å²) in [5.74, 6) is 2.45. The SMILES string of the molecule is CC(C)(C)CNc1c(C#N)cnc2c(Cl)cc(NC(C(CNC3CC(F)(F)C3)NN)C3C=CC(F)=NC3(C)C)cc12. The Morgan fingerprint density at radius 3 is 2.54 bits per heavy atom. The highest BCUT2D eigenvalue weighted by molar-refractivity contribution is 6.35. The third-order valence-corrected chi connectivity index (χ3v) is 7.87. The fourth-order valence-electron chi connectivity index (χ4n) is 5.36. The lowest BCUT2D eigenvalue weighted by Crippen LogP contribution is -2.61. The van der Waals surface area contributed by atoms with Gasteiger partial charge in [0.2, 0.25) is 5.97 Å². The summed E-state index contributed by atoms with van der Waals surface area (Å²) in [6.45, 7) is 10.8. The predicted octanol–water partition coefficient (Wildman–Crippen LogP) is 5.55. The minimum Gasteiger partial charge on any atom is -0.383 e. The molecule has 2 aliphatic rings. The Labute approximate surface area is 244 Å². The van der Waals surface area contributed by atoms with Gasteiger partial charge in [0.05, 0.1) is 39.4 Å². The Morgan fingerprint density at radius 1 is 1.24 bits per heavy atom. The van der Waals surface area contributed by atoms with Crippen molar-refractivity contribution in [2.45, 2.75) is 77.0 Å². The Kier molecular flexibility index (Phi) is 8.90. The molecular weight excluding hydrogens is 553 g/mol. The van der Waals surface area contributed by atoms with Gasteiger partial charge in [0.1, 0.15) is 6.07 Å². The number of halogens is 4. The molecule has 3 unspecified atom stereocenters. The third-order valence-electron chi connectivity index (χ3n) is 7.58. The van der Waals surface area contributed by atoms with E-state index in [-0.39, 0.29) is 36.8 Å². The van der Waals surface area contributed by atoms with Crippen LogP contribution >= 0.6 is 11.6 Å². The third kappa shape index (κ3) is 7.30. The maximum atomic E-state index is 14.2. The molecule has 0 bridgehead atoms. The number of nitriles is 1. The number of pyridine rings is 1. The average Bonchev–Trinajstić information content (AvgIpc) is 2.84. The Bertz CT molecular complexity index is 1370. The van der Waals surface area contributed by atoms with Crippen molar-refractivity contribution >= 4 is 39.8 Å². The van der Waals surface area contributed by atoms with E-state index in [4.69, 9.17) is 17.4 Å². The highest BCUT2D eigenvalue weighted by atomic mass is 35.5. The second-order valence-electron chi connectivity index (χ2n) is 12.7. The Balaban J connectivity index is 1.72. The van der Waals surface area contributed by atoms with E-state index in [1.807, 2.05) is 19.9 Å². The molecule has 0 radical (unpaired) electrons. The number of hydrogen-bond donors (Lipinski definition) is 5. The van der Waals surface area contributed by atoms with Gasteiger partial charge in [0.15, 0.2) is 0 Å². The molecule has 2 heterocycles. The number of hydrazine groups is 1. The van der Waals surface area contributed by atoms with Gasteiger partial charge in [0, 0.05) is 55.2 Å². The first-order valence-electron chi connectivity index (χ1n) is 13.7. The lowest BCUT2D eigenvalue weighted by atomic mass is 9.77. The van der Waals surface area contributed by atoms with Crippen molar-refractivity contribution in [3.8, 4) is 6.07 Å². The Morgan fingerprint density at radius 2 is 1.95 bits per heavy atom. The summed E-state index contributed by atoms with van der Waals surface area (Å²) in [4.78, 5) is 8.65. The molecule has 3 atom stereocenters. The molecule has 2 aromatic rings. The number of allylic oxidation sites excluding steroid dienone is 1. The van der Waals surface area contributed by atoms with Gasteiger partial charge in [-0.25, -0.2) is 8.78 Å². The van der Waals surface area contributed by atoms with Gasteiger partial charge < -0.3 is 16.0 Å². The highest BCUT2D eigenvalue weighted by Gasteiger charge is 2.46. The topological polar surface area (TPSA) is 123 Å². The van der Waals surface area contributed by atoms with Crippen molar-refractivity contribution in [2.24, 2.45) is 22.2 Å². The highest BCUT2D eigenvalue weighted by Crippen LogP contribution is 2.39. The molecule has 41 heavy (non-hydrogen) atoms. The van der Waals surface area contributed by atoms with Gasteiger partial charge in [0.25, 0.3) is 5.92 Å². The smallest absolute Gasteiger partial charge is 0.251 e. The first kappa shape index (κ1) is 31.0. The van der Waals surface area contributed by atoms with Gasteiger partial charge in [-0.2, -0.15) is 9.65 Å². The van der Waals surface area contributed by atoms with Crippen LogP contribution in [0.2, 0.25) is 5.02 Å². The number of anilines is 2. The average molecular weight is 591 g/mol. The van der Waals surface area contributed by atoms with E-state index in [9.17, 15) is 18.4 Å². The molecule has 1 aromatic heterocycles. The fourth-order valence-corrected chi connectivity index (χ4v) is 5.63. The van der Waals surface area contributed by atoms with Crippen LogP contribution in [0, 0.1) is 22.7 Å². The van der Waals surface area contributed by atoms with Crippen molar-refractivity contribution in [1.82, 2.24) is 15.7 Å². The number of fused-ring (bicyclic) bond motifs is 1. The molecule has 0 amide bonds. The first-order valence-corrected chi connectivity index (χ1v) is 14.0. The van der Waals surface area contributed by atoms with Crippen molar-refractivity contribution in [3.63, 3.8) is 0 Å². The lowest BCUT2D eigenvalue weighted by molar-refractivity contribution is -0.0929. The van der Waals surface area contributed by atoms with Gasteiger partial charge in [-0.05, 0) is 37.5 Å². The maximum absolute atomic E-state index is 14.2. The predicted molar refractivity (Wildman–Crippen MR) is 159 cm³/mol. The fraction of sp³-hybridized carbons (Fsp3) is 0.552. The zero-order valence-electron chi connectivity index (χ0n) is 24.0. The molecular formula is C29H38ClF3N8. The van der Waals surface area contributed by atoms with Crippen LogP contribution in [0.15, 0.2) is 35.5 Å². The molecule has 222 valence electrons. The molecule has 12 heteroatoms. The number of hydrogen-bond acceptors (Lipinski definition) is 8. The number of nitrogens with zero attached hydrogens (tertiary/aromatic N) is 3. The van der Waals surface area contributed by atoms with E-state index in [2.05, 4.69) is 58.2 Å². The summed E-state index contributed by atoms with van der Waals surface area (Å²) in [5.41, 5.74) is 4.09. The number of nitrogens with one attached hydrogen (secondary N) is 4. The second kappa shape index (κ2) is 11.8.